The summed E-state index contributed by atoms with van der Waals surface area (Å²) in [5, 5.41) is 3.51. The smallest absolute Gasteiger partial charge is 0.263 e. The number of carbonyl (C=O) groups excluding carboxylic acids is 2. The maximum Gasteiger partial charge on any atom is 0.263 e. The molecule has 2 aromatic rings. The quantitative estimate of drug-likeness (QED) is 0.737. The molecule has 2 amide bonds. The van der Waals surface area contributed by atoms with Crippen molar-refractivity contribution >= 4 is 29.1 Å². The summed E-state index contributed by atoms with van der Waals surface area (Å²) in [6.07, 6.45) is -0.627. The van der Waals surface area contributed by atoms with Crippen molar-refractivity contribution in [2.24, 2.45) is 0 Å². The van der Waals surface area contributed by atoms with E-state index in [0.717, 1.165) is 22.4 Å². The number of nitrogens with one attached hydrogen (secondary N) is 1. The average Bonchev–Trinajstić information content (AvgIpc) is 2.73. The van der Waals surface area contributed by atoms with Crippen LogP contribution in [0.1, 0.15) is 23.6 Å². The summed E-state index contributed by atoms with van der Waals surface area (Å²) in [5.74, 6) is 0.407. The van der Waals surface area contributed by atoms with Gasteiger partial charge in [0.1, 0.15) is 5.75 Å². The van der Waals surface area contributed by atoms with Crippen molar-refractivity contribution in [1.82, 2.24) is 9.80 Å². The van der Waals surface area contributed by atoms with Crippen LogP contribution in [-0.2, 0) is 9.59 Å². The van der Waals surface area contributed by atoms with Gasteiger partial charge in [0.2, 0.25) is 5.91 Å². The number of piperazine rings is 1. The number of ether oxygens (including phenoxy) is 1. The number of halogens is 1. The third-order valence-corrected chi connectivity index (χ3v) is 5.85. The Kier molecular flexibility index (Phi) is 7.57. The minimum absolute atomic E-state index is 0.0389. The number of nitrogens with zero attached hydrogens (tertiary/aromatic N) is 2. The number of carbonyl (C=O) groups is 2. The van der Waals surface area contributed by atoms with E-state index in [2.05, 4.69) is 10.2 Å². The van der Waals surface area contributed by atoms with Gasteiger partial charge in [-0.1, -0.05) is 35.9 Å². The summed E-state index contributed by atoms with van der Waals surface area (Å²) in [6.45, 7) is 10.4. The van der Waals surface area contributed by atoms with E-state index in [9.17, 15) is 9.59 Å². The lowest BCUT2D eigenvalue weighted by Crippen LogP contribution is -2.53. The van der Waals surface area contributed by atoms with Gasteiger partial charge in [0, 0.05) is 31.9 Å². The van der Waals surface area contributed by atoms with Crippen LogP contribution in [-0.4, -0.2) is 60.4 Å². The Morgan fingerprint density at radius 1 is 1.06 bits per heavy atom. The molecule has 31 heavy (non-hydrogen) atoms. The number of para-hydroxylation sites is 1. The molecule has 1 saturated heterocycles. The highest BCUT2D eigenvalue weighted by atomic mass is 35.5. The lowest BCUT2D eigenvalue weighted by molar-refractivity contribution is -0.139. The molecule has 1 aliphatic rings. The summed E-state index contributed by atoms with van der Waals surface area (Å²) < 4.78 is 5.82. The highest BCUT2D eigenvalue weighted by molar-refractivity contribution is 6.32. The van der Waals surface area contributed by atoms with E-state index in [1.54, 1.807) is 17.9 Å². The summed E-state index contributed by atoms with van der Waals surface area (Å²) in [5.41, 5.74) is 3.99. The topological polar surface area (TPSA) is 61.9 Å². The molecule has 1 fully saturated rings. The number of benzene rings is 2. The molecule has 0 aromatic heterocycles. The molecule has 1 aliphatic heterocycles. The van der Waals surface area contributed by atoms with E-state index in [0.29, 0.717) is 43.5 Å². The van der Waals surface area contributed by atoms with E-state index in [-0.39, 0.29) is 11.8 Å². The average molecular weight is 444 g/mol. The first-order chi connectivity index (χ1) is 14.7. The Hall–Kier alpha value is -2.57. The van der Waals surface area contributed by atoms with Gasteiger partial charge >= 0.3 is 0 Å². The summed E-state index contributed by atoms with van der Waals surface area (Å²) in [4.78, 5) is 29.2. The van der Waals surface area contributed by atoms with Gasteiger partial charge < -0.3 is 15.0 Å². The van der Waals surface area contributed by atoms with Gasteiger partial charge in [-0.25, -0.2) is 0 Å². The van der Waals surface area contributed by atoms with Crippen LogP contribution in [0.15, 0.2) is 36.4 Å². The Labute approximate surface area is 189 Å². The molecule has 0 radical (unpaired) electrons. The van der Waals surface area contributed by atoms with Crippen LogP contribution in [0.2, 0.25) is 5.02 Å². The summed E-state index contributed by atoms with van der Waals surface area (Å²) in [6, 6.07) is 11.5. The second-order valence-corrected chi connectivity index (χ2v) is 8.52. The normalized spacial score (nSPS) is 15.5. The van der Waals surface area contributed by atoms with Gasteiger partial charge in [0.15, 0.2) is 6.10 Å². The van der Waals surface area contributed by atoms with Crippen molar-refractivity contribution in [3.63, 3.8) is 0 Å². The minimum atomic E-state index is -0.627. The molecular weight excluding hydrogens is 414 g/mol. The summed E-state index contributed by atoms with van der Waals surface area (Å²) in [7, 11) is 0. The van der Waals surface area contributed by atoms with Gasteiger partial charge in [-0.3, -0.25) is 14.5 Å². The Morgan fingerprint density at radius 2 is 1.71 bits per heavy atom. The molecule has 0 aliphatic carbocycles. The van der Waals surface area contributed by atoms with Crippen LogP contribution in [0, 0.1) is 20.8 Å². The van der Waals surface area contributed by atoms with Crippen molar-refractivity contribution in [2.45, 2.75) is 33.8 Å². The van der Waals surface area contributed by atoms with Crippen LogP contribution in [0.4, 0.5) is 5.69 Å². The molecule has 0 spiro atoms. The lowest BCUT2D eigenvalue weighted by atomic mass is 10.1. The molecule has 1 atom stereocenters. The fourth-order valence-electron chi connectivity index (χ4n) is 3.72. The van der Waals surface area contributed by atoms with Crippen LogP contribution in [0.5, 0.6) is 5.75 Å². The van der Waals surface area contributed by atoms with Crippen LogP contribution < -0.4 is 10.1 Å². The second-order valence-electron chi connectivity index (χ2n) is 8.11. The molecule has 0 saturated carbocycles. The third kappa shape index (κ3) is 5.99. The maximum atomic E-state index is 12.8. The van der Waals surface area contributed by atoms with E-state index in [4.69, 9.17) is 16.3 Å². The van der Waals surface area contributed by atoms with Gasteiger partial charge in [-0.15, -0.1) is 0 Å². The molecule has 7 heteroatoms. The number of anilines is 1. The minimum Gasteiger partial charge on any atom is -0.479 e. The molecule has 1 heterocycles. The number of rotatable bonds is 6. The standard InChI is InChI=1S/C24H30ClN3O3/c1-16-8-9-20(25)21(14-16)31-19(4)24(30)28-12-10-27(11-13-28)15-22(29)26-23-17(2)6-5-7-18(23)3/h5-9,14,19H,10-13,15H2,1-4H3,(H,26,29). The second kappa shape index (κ2) is 10.2. The van der Waals surface area contributed by atoms with Crippen LogP contribution in [0.3, 0.4) is 0 Å². The maximum absolute atomic E-state index is 12.8. The Balaban J connectivity index is 1.49. The molecule has 3 rings (SSSR count). The third-order valence-electron chi connectivity index (χ3n) is 5.53. The fourth-order valence-corrected chi connectivity index (χ4v) is 3.88. The largest absolute Gasteiger partial charge is 0.479 e. The van der Waals surface area contributed by atoms with Gasteiger partial charge in [-0.05, 0) is 56.5 Å². The number of hydrogen-bond acceptors (Lipinski definition) is 4. The van der Waals surface area contributed by atoms with Crippen LogP contribution in [0.25, 0.3) is 0 Å². The highest BCUT2D eigenvalue weighted by Crippen LogP contribution is 2.26. The van der Waals surface area contributed by atoms with Crippen molar-refractivity contribution in [1.29, 1.82) is 0 Å². The molecule has 166 valence electrons. The van der Waals surface area contributed by atoms with Crippen molar-refractivity contribution in [3.05, 3.63) is 58.1 Å². The highest BCUT2D eigenvalue weighted by Gasteiger charge is 2.27. The first kappa shape index (κ1) is 23.1. The van der Waals surface area contributed by atoms with Gasteiger partial charge in [-0.2, -0.15) is 0 Å². The van der Waals surface area contributed by atoms with E-state index < -0.39 is 6.10 Å². The zero-order chi connectivity index (χ0) is 22.5. The predicted molar refractivity (Wildman–Crippen MR) is 124 cm³/mol. The summed E-state index contributed by atoms with van der Waals surface area (Å²) >= 11 is 6.18. The molecule has 1 unspecified atom stereocenters. The molecule has 1 N–H and O–H groups in total. The molecule has 6 nitrogen and oxygen atoms in total. The van der Waals surface area contributed by atoms with E-state index >= 15 is 0 Å². The van der Waals surface area contributed by atoms with Crippen molar-refractivity contribution < 1.29 is 14.3 Å². The van der Waals surface area contributed by atoms with Gasteiger partial charge in [0.25, 0.3) is 5.91 Å². The van der Waals surface area contributed by atoms with Crippen LogP contribution >= 0.6 is 11.6 Å². The van der Waals surface area contributed by atoms with Gasteiger partial charge in [0.05, 0.1) is 11.6 Å². The van der Waals surface area contributed by atoms with Crippen molar-refractivity contribution in [3.8, 4) is 5.75 Å². The fraction of sp³-hybridized carbons (Fsp3) is 0.417. The number of aryl methyl sites for hydroxylation is 3. The number of amides is 2. The SMILES string of the molecule is Cc1ccc(Cl)c(OC(C)C(=O)N2CCN(CC(=O)Nc3c(C)cccc3C)CC2)c1. The molecule has 2 aromatic carbocycles. The Bertz CT molecular complexity index is 935. The van der Waals surface area contributed by atoms with Crippen molar-refractivity contribution in [2.75, 3.05) is 38.0 Å². The van der Waals surface area contributed by atoms with E-state index in [1.807, 2.05) is 51.1 Å². The lowest BCUT2D eigenvalue weighted by Gasteiger charge is -2.35. The van der Waals surface area contributed by atoms with E-state index in [1.165, 1.54) is 0 Å². The monoisotopic (exact) mass is 443 g/mol. The Morgan fingerprint density at radius 3 is 2.35 bits per heavy atom. The number of hydrogen-bond donors (Lipinski definition) is 1. The molecular formula is C24H30ClN3O3. The first-order valence-electron chi connectivity index (χ1n) is 10.5. The first-order valence-corrected chi connectivity index (χ1v) is 10.9. The predicted octanol–water partition coefficient (Wildman–Crippen LogP) is 3.82. The zero-order valence-electron chi connectivity index (χ0n) is 18.6. The zero-order valence-corrected chi connectivity index (χ0v) is 19.3. The molecule has 0 bridgehead atoms.